The molecule has 1 aliphatic rings. The number of rotatable bonds is 4. The molecule has 0 spiro atoms. The quantitative estimate of drug-likeness (QED) is 0.864. The lowest BCUT2D eigenvalue weighted by Gasteiger charge is -2.33. The standard InChI is InChI=1S/C14H18F4N2O/c1-19-7-11-9-20(4-5-21-11)8-10-2-3-13(15)12(6-10)14(16,17)18/h2-3,6,11,19H,4-5,7-9H2,1H3. The first-order valence-corrected chi connectivity index (χ1v) is 6.74. The van der Waals surface area contributed by atoms with Gasteiger partial charge in [0.25, 0.3) is 0 Å². The van der Waals surface area contributed by atoms with Crippen LogP contribution in [0.4, 0.5) is 17.6 Å². The molecule has 0 saturated carbocycles. The first-order chi connectivity index (χ1) is 9.90. The number of likely N-dealkylation sites (N-methyl/N-ethyl adjacent to an activating group) is 1. The monoisotopic (exact) mass is 306 g/mol. The van der Waals surface area contributed by atoms with E-state index in [4.69, 9.17) is 4.74 Å². The van der Waals surface area contributed by atoms with E-state index in [9.17, 15) is 17.6 Å². The van der Waals surface area contributed by atoms with E-state index in [1.54, 1.807) is 0 Å². The van der Waals surface area contributed by atoms with Crippen LogP contribution in [0, 0.1) is 5.82 Å². The van der Waals surface area contributed by atoms with Crippen molar-refractivity contribution < 1.29 is 22.3 Å². The van der Waals surface area contributed by atoms with E-state index < -0.39 is 17.6 Å². The average Bonchev–Trinajstić information content (AvgIpc) is 2.40. The van der Waals surface area contributed by atoms with Crippen LogP contribution < -0.4 is 5.32 Å². The number of alkyl halides is 3. The summed E-state index contributed by atoms with van der Waals surface area (Å²) in [6.07, 6.45) is -4.65. The minimum Gasteiger partial charge on any atom is -0.374 e. The van der Waals surface area contributed by atoms with Crippen molar-refractivity contribution in [1.82, 2.24) is 10.2 Å². The SMILES string of the molecule is CNCC1CN(Cc2ccc(F)c(C(F)(F)F)c2)CCO1. The van der Waals surface area contributed by atoms with Gasteiger partial charge in [0.15, 0.2) is 0 Å². The van der Waals surface area contributed by atoms with Crippen LogP contribution in [0.3, 0.4) is 0 Å². The maximum Gasteiger partial charge on any atom is 0.419 e. The summed E-state index contributed by atoms with van der Waals surface area (Å²) in [7, 11) is 1.82. The summed E-state index contributed by atoms with van der Waals surface area (Å²) < 4.78 is 56.8. The number of nitrogens with zero attached hydrogens (tertiary/aromatic N) is 1. The molecule has 1 aromatic carbocycles. The van der Waals surface area contributed by atoms with Crippen LogP contribution in [0.25, 0.3) is 0 Å². The van der Waals surface area contributed by atoms with Crippen LogP contribution in [-0.4, -0.2) is 44.3 Å². The Morgan fingerprint density at radius 1 is 1.38 bits per heavy atom. The average molecular weight is 306 g/mol. The fourth-order valence-corrected chi connectivity index (χ4v) is 2.42. The lowest BCUT2D eigenvalue weighted by Crippen LogP contribution is -2.45. The Morgan fingerprint density at radius 3 is 2.81 bits per heavy atom. The maximum absolute atomic E-state index is 13.2. The summed E-state index contributed by atoms with van der Waals surface area (Å²) in [5.74, 6) is -1.23. The van der Waals surface area contributed by atoms with Gasteiger partial charge in [0, 0.05) is 26.2 Å². The molecule has 1 N–H and O–H groups in total. The molecule has 118 valence electrons. The Hall–Kier alpha value is -1.18. The minimum atomic E-state index is -4.67. The number of hydrogen-bond donors (Lipinski definition) is 1. The van der Waals surface area contributed by atoms with Gasteiger partial charge < -0.3 is 10.1 Å². The molecule has 1 unspecified atom stereocenters. The number of hydrogen-bond acceptors (Lipinski definition) is 3. The van der Waals surface area contributed by atoms with Crippen molar-refractivity contribution in [2.45, 2.75) is 18.8 Å². The Kier molecular flexibility index (Phi) is 5.18. The molecule has 1 aromatic rings. The highest BCUT2D eigenvalue weighted by Gasteiger charge is 2.34. The number of morpholine rings is 1. The van der Waals surface area contributed by atoms with Crippen LogP contribution in [0.15, 0.2) is 18.2 Å². The molecule has 1 heterocycles. The Balaban J connectivity index is 2.06. The van der Waals surface area contributed by atoms with E-state index in [-0.39, 0.29) is 6.10 Å². The summed E-state index contributed by atoms with van der Waals surface area (Å²) in [5.41, 5.74) is -0.756. The molecule has 0 amide bonds. The van der Waals surface area contributed by atoms with Crippen molar-refractivity contribution in [1.29, 1.82) is 0 Å². The van der Waals surface area contributed by atoms with Gasteiger partial charge in [-0.3, -0.25) is 4.90 Å². The fraction of sp³-hybridized carbons (Fsp3) is 0.571. The highest BCUT2D eigenvalue weighted by Crippen LogP contribution is 2.32. The van der Waals surface area contributed by atoms with Crippen LogP contribution in [0.1, 0.15) is 11.1 Å². The molecular formula is C14H18F4N2O. The molecule has 7 heteroatoms. The first kappa shape index (κ1) is 16.2. The molecule has 1 saturated heterocycles. The number of ether oxygens (including phenoxy) is 1. The summed E-state index contributed by atoms with van der Waals surface area (Å²) in [4.78, 5) is 2.01. The number of benzene rings is 1. The lowest BCUT2D eigenvalue weighted by molar-refractivity contribution is -0.140. The van der Waals surface area contributed by atoms with Crippen LogP contribution in [0.5, 0.6) is 0 Å². The summed E-state index contributed by atoms with van der Waals surface area (Å²) >= 11 is 0. The van der Waals surface area contributed by atoms with E-state index in [0.717, 1.165) is 12.1 Å². The van der Waals surface area contributed by atoms with Gasteiger partial charge in [0.2, 0.25) is 0 Å². The summed E-state index contributed by atoms with van der Waals surface area (Å²) in [6.45, 7) is 2.87. The zero-order valence-corrected chi connectivity index (χ0v) is 11.7. The molecule has 1 atom stereocenters. The molecular weight excluding hydrogens is 288 g/mol. The van der Waals surface area contributed by atoms with Crippen LogP contribution in [-0.2, 0) is 17.5 Å². The third-order valence-electron chi connectivity index (χ3n) is 3.40. The van der Waals surface area contributed by atoms with Gasteiger partial charge in [-0.05, 0) is 24.7 Å². The predicted molar refractivity (Wildman–Crippen MR) is 70.3 cm³/mol. The number of halogens is 4. The van der Waals surface area contributed by atoms with Gasteiger partial charge in [0.05, 0.1) is 18.3 Å². The van der Waals surface area contributed by atoms with Crippen LogP contribution >= 0.6 is 0 Å². The van der Waals surface area contributed by atoms with Gasteiger partial charge in [0.1, 0.15) is 5.82 Å². The van der Waals surface area contributed by atoms with E-state index >= 15 is 0 Å². The van der Waals surface area contributed by atoms with Crippen molar-refractivity contribution in [3.8, 4) is 0 Å². The van der Waals surface area contributed by atoms with E-state index in [1.807, 2.05) is 11.9 Å². The molecule has 0 aliphatic carbocycles. The molecule has 0 radical (unpaired) electrons. The third kappa shape index (κ3) is 4.39. The molecule has 0 bridgehead atoms. The van der Waals surface area contributed by atoms with E-state index in [1.165, 1.54) is 6.07 Å². The van der Waals surface area contributed by atoms with Crippen molar-refractivity contribution in [2.75, 3.05) is 33.3 Å². The normalized spacial score (nSPS) is 20.7. The molecule has 1 aliphatic heterocycles. The Bertz CT molecular complexity index is 477. The maximum atomic E-state index is 13.2. The largest absolute Gasteiger partial charge is 0.419 e. The Morgan fingerprint density at radius 2 is 2.14 bits per heavy atom. The topological polar surface area (TPSA) is 24.5 Å². The summed E-state index contributed by atoms with van der Waals surface area (Å²) in [6, 6.07) is 3.16. The van der Waals surface area contributed by atoms with Crippen molar-refractivity contribution >= 4 is 0 Å². The number of nitrogens with one attached hydrogen (secondary N) is 1. The van der Waals surface area contributed by atoms with E-state index in [2.05, 4.69) is 5.32 Å². The molecule has 21 heavy (non-hydrogen) atoms. The lowest BCUT2D eigenvalue weighted by atomic mass is 10.1. The van der Waals surface area contributed by atoms with Gasteiger partial charge in [-0.1, -0.05) is 6.07 Å². The second-order valence-electron chi connectivity index (χ2n) is 5.10. The second kappa shape index (κ2) is 6.72. The van der Waals surface area contributed by atoms with Crippen molar-refractivity contribution in [2.24, 2.45) is 0 Å². The van der Waals surface area contributed by atoms with Gasteiger partial charge >= 0.3 is 6.18 Å². The highest BCUT2D eigenvalue weighted by molar-refractivity contribution is 5.27. The minimum absolute atomic E-state index is 0.0197. The summed E-state index contributed by atoms with van der Waals surface area (Å²) in [5, 5.41) is 3.01. The van der Waals surface area contributed by atoms with Crippen LogP contribution in [0.2, 0.25) is 0 Å². The highest BCUT2D eigenvalue weighted by atomic mass is 19.4. The van der Waals surface area contributed by atoms with Gasteiger partial charge in [-0.2, -0.15) is 13.2 Å². The van der Waals surface area contributed by atoms with E-state index in [0.29, 0.717) is 38.3 Å². The predicted octanol–water partition coefficient (Wildman–Crippen LogP) is 2.26. The van der Waals surface area contributed by atoms with Gasteiger partial charge in [-0.25, -0.2) is 4.39 Å². The zero-order valence-electron chi connectivity index (χ0n) is 11.7. The molecule has 0 aromatic heterocycles. The Labute approximate surface area is 120 Å². The molecule has 1 fully saturated rings. The van der Waals surface area contributed by atoms with Crippen molar-refractivity contribution in [3.63, 3.8) is 0 Å². The second-order valence-corrected chi connectivity index (χ2v) is 5.10. The zero-order chi connectivity index (χ0) is 15.5. The third-order valence-corrected chi connectivity index (χ3v) is 3.40. The molecule has 3 nitrogen and oxygen atoms in total. The first-order valence-electron chi connectivity index (χ1n) is 6.74. The molecule has 2 rings (SSSR count). The fourth-order valence-electron chi connectivity index (χ4n) is 2.42. The van der Waals surface area contributed by atoms with Gasteiger partial charge in [-0.15, -0.1) is 0 Å². The smallest absolute Gasteiger partial charge is 0.374 e. The van der Waals surface area contributed by atoms with Crippen molar-refractivity contribution in [3.05, 3.63) is 35.1 Å².